The van der Waals surface area contributed by atoms with Crippen molar-refractivity contribution in [1.82, 2.24) is 0 Å². The molecule has 108 valence electrons. The quantitative estimate of drug-likeness (QED) is 0.790. The highest BCUT2D eigenvalue weighted by atomic mass is 79.9. The molecule has 7 heteroatoms. The van der Waals surface area contributed by atoms with Crippen LogP contribution >= 0.6 is 15.9 Å². The molecular weight excluding hydrogens is 345 g/mol. The van der Waals surface area contributed by atoms with Crippen molar-refractivity contribution in [2.45, 2.75) is 0 Å². The van der Waals surface area contributed by atoms with Crippen LogP contribution < -0.4 is 5.32 Å². The number of carbonyl (C=O) groups excluding carboxylic acids is 1. The molecule has 0 aliphatic rings. The van der Waals surface area contributed by atoms with Crippen molar-refractivity contribution in [3.63, 3.8) is 0 Å². The van der Waals surface area contributed by atoms with Gasteiger partial charge >= 0.3 is 5.97 Å². The Kier molecular flexibility index (Phi) is 4.23. The zero-order valence-corrected chi connectivity index (χ0v) is 12.0. The van der Waals surface area contributed by atoms with E-state index < -0.39 is 29.0 Å². The summed E-state index contributed by atoms with van der Waals surface area (Å²) in [7, 11) is 0. The van der Waals surface area contributed by atoms with Gasteiger partial charge < -0.3 is 15.5 Å². The molecule has 0 spiro atoms. The van der Waals surface area contributed by atoms with E-state index in [2.05, 4.69) is 21.2 Å². The van der Waals surface area contributed by atoms with Crippen LogP contribution in [-0.4, -0.2) is 22.1 Å². The van der Waals surface area contributed by atoms with Gasteiger partial charge in [0.25, 0.3) is 5.91 Å². The van der Waals surface area contributed by atoms with Gasteiger partial charge in [-0.25, -0.2) is 9.18 Å². The molecular formula is C14H9BrFNO4. The lowest BCUT2D eigenvalue weighted by atomic mass is 10.1. The molecule has 0 aliphatic heterocycles. The van der Waals surface area contributed by atoms with E-state index in [1.807, 2.05) is 0 Å². The molecule has 2 aromatic carbocycles. The molecule has 0 fully saturated rings. The summed E-state index contributed by atoms with van der Waals surface area (Å²) in [5.41, 5.74) is -0.390. The molecule has 21 heavy (non-hydrogen) atoms. The minimum Gasteiger partial charge on any atom is -0.507 e. The van der Waals surface area contributed by atoms with Crippen molar-refractivity contribution in [2.75, 3.05) is 5.32 Å². The Morgan fingerprint density at radius 2 is 1.90 bits per heavy atom. The van der Waals surface area contributed by atoms with Gasteiger partial charge in [0.05, 0.1) is 11.3 Å². The Hall–Kier alpha value is -2.41. The van der Waals surface area contributed by atoms with E-state index in [1.54, 1.807) is 0 Å². The number of nitrogens with one attached hydrogen (secondary N) is 1. The molecule has 1 amide bonds. The summed E-state index contributed by atoms with van der Waals surface area (Å²) in [4.78, 5) is 22.9. The molecule has 0 heterocycles. The standard InChI is InChI=1S/C14H9BrFNO4/c15-8-5-4-7(14(20)21)6-10(8)17-13(19)12-9(16)2-1-3-11(12)18/h1-6,18H,(H,17,19)(H,20,21). The highest BCUT2D eigenvalue weighted by Gasteiger charge is 2.18. The van der Waals surface area contributed by atoms with Crippen molar-refractivity contribution in [1.29, 1.82) is 0 Å². The zero-order chi connectivity index (χ0) is 15.6. The van der Waals surface area contributed by atoms with Crippen molar-refractivity contribution in [2.24, 2.45) is 0 Å². The maximum Gasteiger partial charge on any atom is 0.335 e. The third kappa shape index (κ3) is 3.19. The number of hydrogen-bond acceptors (Lipinski definition) is 3. The molecule has 2 rings (SSSR count). The molecule has 3 N–H and O–H groups in total. The highest BCUT2D eigenvalue weighted by molar-refractivity contribution is 9.10. The van der Waals surface area contributed by atoms with Gasteiger partial charge in [0.1, 0.15) is 17.1 Å². The number of benzene rings is 2. The third-order valence-electron chi connectivity index (χ3n) is 2.68. The Morgan fingerprint density at radius 1 is 1.19 bits per heavy atom. The second-order valence-corrected chi connectivity index (χ2v) is 4.94. The normalized spacial score (nSPS) is 10.2. The van der Waals surface area contributed by atoms with E-state index >= 15 is 0 Å². The SMILES string of the molecule is O=C(O)c1ccc(Br)c(NC(=O)c2c(O)cccc2F)c1. The first-order valence-electron chi connectivity index (χ1n) is 5.72. The molecule has 0 unspecified atom stereocenters. The predicted molar refractivity (Wildman–Crippen MR) is 77.1 cm³/mol. The largest absolute Gasteiger partial charge is 0.507 e. The smallest absolute Gasteiger partial charge is 0.335 e. The lowest BCUT2D eigenvalue weighted by Gasteiger charge is -2.10. The highest BCUT2D eigenvalue weighted by Crippen LogP contribution is 2.26. The van der Waals surface area contributed by atoms with Crippen LogP contribution in [0.15, 0.2) is 40.9 Å². The predicted octanol–water partition coefficient (Wildman–Crippen LogP) is 3.24. The van der Waals surface area contributed by atoms with Crippen LogP contribution in [-0.2, 0) is 0 Å². The Labute approximate surface area is 127 Å². The number of amides is 1. The molecule has 0 aromatic heterocycles. The van der Waals surface area contributed by atoms with E-state index in [-0.39, 0.29) is 11.3 Å². The van der Waals surface area contributed by atoms with Gasteiger partial charge in [-0.05, 0) is 46.3 Å². The average Bonchev–Trinajstić information content (AvgIpc) is 2.40. The van der Waals surface area contributed by atoms with Gasteiger partial charge in [-0.2, -0.15) is 0 Å². The van der Waals surface area contributed by atoms with Crippen LogP contribution in [0.25, 0.3) is 0 Å². The van der Waals surface area contributed by atoms with Gasteiger partial charge in [0, 0.05) is 4.47 Å². The molecule has 0 aliphatic carbocycles. The number of carbonyl (C=O) groups is 2. The van der Waals surface area contributed by atoms with Crippen molar-refractivity contribution in [3.8, 4) is 5.75 Å². The van der Waals surface area contributed by atoms with Gasteiger partial charge in [-0.15, -0.1) is 0 Å². The summed E-state index contributed by atoms with van der Waals surface area (Å²) >= 11 is 3.15. The maximum atomic E-state index is 13.6. The van der Waals surface area contributed by atoms with Crippen molar-refractivity contribution < 1.29 is 24.2 Å². The second kappa shape index (κ2) is 5.92. The summed E-state index contributed by atoms with van der Waals surface area (Å²) in [6, 6.07) is 7.51. The van der Waals surface area contributed by atoms with Crippen LogP contribution in [0.3, 0.4) is 0 Å². The summed E-state index contributed by atoms with van der Waals surface area (Å²) in [5, 5.41) is 20.8. The van der Waals surface area contributed by atoms with E-state index in [9.17, 15) is 19.1 Å². The first-order chi connectivity index (χ1) is 9.90. The molecule has 0 radical (unpaired) electrons. The van der Waals surface area contributed by atoms with Crippen LogP contribution in [0, 0.1) is 5.82 Å². The van der Waals surface area contributed by atoms with Gasteiger partial charge in [-0.3, -0.25) is 4.79 Å². The van der Waals surface area contributed by atoms with Crippen molar-refractivity contribution in [3.05, 3.63) is 57.8 Å². The Balaban J connectivity index is 2.36. The molecule has 0 saturated carbocycles. The number of phenolic OH excluding ortho intramolecular Hbond substituents is 1. The van der Waals surface area contributed by atoms with E-state index in [1.165, 1.54) is 30.3 Å². The van der Waals surface area contributed by atoms with Gasteiger partial charge in [0.2, 0.25) is 0 Å². The summed E-state index contributed by atoms with van der Waals surface area (Å²) in [6.45, 7) is 0. The second-order valence-electron chi connectivity index (χ2n) is 4.09. The lowest BCUT2D eigenvalue weighted by Crippen LogP contribution is -2.15. The minimum absolute atomic E-state index is 0.0359. The number of aromatic carboxylic acids is 1. The Morgan fingerprint density at radius 3 is 2.52 bits per heavy atom. The number of anilines is 1. The van der Waals surface area contributed by atoms with E-state index in [4.69, 9.17) is 5.11 Å². The molecule has 2 aromatic rings. The van der Waals surface area contributed by atoms with Crippen LogP contribution in [0.1, 0.15) is 20.7 Å². The number of hydrogen-bond donors (Lipinski definition) is 3. The molecule has 0 saturated heterocycles. The Bertz CT molecular complexity index is 713. The first kappa shape index (κ1) is 15.0. The molecule has 0 atom stereocenters. The lowest BCUT2D eigenvalue weighted by molar-refractivity contribution is 0.0696. The van der Waals surface area contributed by atoms with Gasteiger partial charge in [-0.1, -0.05) is 6.07 Å². The summed E-state index contributed by atoms with van der Waals surface area (Å²) in [5.74, 6) is -3.42. The fourth-order valence-electron chi connectivity index (χ4n) is 1.68. The topological polar surface area (TPSA) is 86.6 Å². The van der Waals surface area contributed by atoms with Crippen LogP contribution in [0.2, 0.25) is 0 Å². The minimum atomic E-state index is -1.16. The van der Waals surface area contributed by atoms with Crippen LogP contribution in [0.4, 0.5) is 10.1 Å². The van der Waals surface area contributed by atoms with E-state index in [0.717, 1.165) is 6.07 Å². The number of carboxylic acid groups (broad SMARTS) is 1. The number of halogens is 2. The maximum absolute atomic E-state index is 13.6. The fourth-order valence-corrected chi connectivity index (χ4v) is 2.02. The number of carboxylic acids is 1. The first-order valence-corrected chi connectivity index (χ1v) is 6.51. The van der Waals surface area contributed by atoms with Crippen molar-refractivity contribution >= 4 is 33.5 Å². The fraction of sp³-hybridized carbons (Fsp3) is 0. The van der Waals surface area contributed by atoms with E-state index in [0.29, 0.717) is 4.47 Å². The number of rotatable bonds is 3. The number of phenols is 1. The van der Waals surface area contributed by atoms with Crippen LogP contribution in [0.5, 0.6) is 5.75 Å². The third-order valence-corrected chi connectivity index (χ3v) is 3.37. The monoisotopic (exact) mass is 353 g/mol. The number of aromatic hydroxyl groups is 1. The summed E-state index contributed by atoms with van der Waals surface area (Å²) < 4.78 is 14.0. The summed E-state index contributed by atoms with van der Waals surface area (Å²) in [6.07, 6.45) is 0. The molecule has 5 nitrogen and oxygen atoms in total. The zero-order valence-electron chi connectivity index (χ0n) is 10.4. The molecule has 0 bridgehead atoms. The average molecular weight is 354 g/mol. The van der Waals surface area contributed by atoms with Gasteiger partial charge in [0.15, 0.2) is 0 Å².